The fourth-order valence-electron chi connectivity index (χ4n) is 1.98. The van der Waals surface area contributed by atoms with E-state index in [4.69, 9.17) is 16.3 Å². The van der Waals surface area contributed by atoms with Crippen LogP contribution in [0, 0.1) is 0 Å². The van der Waals surface area contributed by atoms with Crippen molar-refractivity contribution in [3.05, 3.63) is 28.2 Å². The summed E-state index contributed by atoms with van der Waals surface area (Å²) >= 11 is 7.58. The molecule has 0 radical (unpaired) electrons. The summed E-state index contributed by atoms with van der Waals surface area (Å²) in [5.74, 6) is 0.733. The summed E-state index contributed by atoms with van der Waals surface area (Å²) in [6, 6.07) is 6.30. The monoisotopic (exact) mass is 309 g/mol. The largest absolute Gasteiger partial charge is 0.496 e. The average molecular weight is 310 g/mol. The van der Waals surface area contributed by atoms with Crippen LogP contribution < -0.4 is 10.1 Å². The van der Waals surface area contributed by atoms with Gasteiger partial charge in [-0.05, 0) is 31.0 Å². The highest BCUT2D eigenvalue weighted by Gasteiger charge is 2.20. The van der Waals surface area contributed by atoms with Gasteiger partial charge in [-0.2, -0.15) is 0 Å². The highest BCUT2D eigenvalue weighted by atomic mass is 35.5. The molecule has 0 atom stereocenters. The number of halogens is 1. The third-order valence-electron chi connectivity index (χ3n) is 3.21. The van der Waals surface area contributed by atoms with Gasteiger partial charge in [-0.25, -0.2) is 0 Å². The van der Waals surface area contributed by atoms with Gasteiger partial charge in [0.25, 0.3) is 0 Å². The first-order chi connectivity index (χ1) is 9.76. The lowest BCUT2D eigenvalue weighted by molar-refractivity contribution is 0.416. The Morgan fingerprint density at radius 3 is 3.00 bits per heavy atom. The molecule has 0 amide bonds. The Kier molecular flexibility index (Phi) is 4.19. The molecule has 0 unspecified atom stereocenters. The number of hydrogen-bond donors (Lipinski definition) is 1. The zero-order valence-electron chi connectivity index (χ0n) is 11.2. The van der Waals surface area contributed by atoms with E-state index in [1.54, 1.807) is 24.5 Å². The topological polar surface area (TPSA) is 47.0 Å². The molecule has 20 heavy (non-hydrogen) atoms. The van der Waals surface area contributed by atoms with Crippen molar-refractivity contribution in [2.24, 2.45) is 0 Å². The molecule has 1 fully saturated rings. The summed E-state index contributed by atoms with van der Waals surface area (Å²) in [7, 11) is 1.64. The molecule has 1 saturated carbocycles. The fourth-order valence-corrected chi connectivity index (χ4v) is 3.01. The lowest BCUT2D eigenvalue weighted by Gasteiger charge is -2.05. The molecule has 1 aromatic heterocycles. The smallest absolute Gasteiger partial charge is 0.151 e. The molecular weight excluding hydrogens is 294 g/mol. The van der Waals surface area contributed by atoms with Gasteiger partial charge in [-0.1, -0.05) is 22.9 Å². The molecule has 1 heterocycles. The summed E-state index contributed by atoms with van der Waals surface area (Å²) in [4.78, 5) is 0. The van der Waals surface area contributed by atoms with Gasteiger partial charge in [0.15, 0.2) is 5.01 Å². The SMILES string of the molecule is COc1cc(Cl)ccc1-c1nnc(CCNC2CC2)s1. The molecule has 1 aliphatic carbocycles. The average Bonchev–Trinajstić information content (AvgIpc) is 3.16. The first kappa shape index (κ1) is 13.8. The minimum atomic E-state index is 0.656. The van der Waals surface area contributed by atoms with Crippen LogP contribution in [0.15, 0.2) is 18.2 Å². The maximum Gasteiger partial charge on any atom is 0.151 e. The fraction of sp³-hybridized carbons (Fsp3) is 0.429. The van der Waals surface area contributed by atoms with E-state index >= 15 is 0 Å². The van der Waals surface area contributed by atoms with Crippen LogP contribution in [0.4, 0.5) is 0 Å². The van der Waals surface area contributed by atoms with E-state index in [0.717, 1.165) is 40.3 Å². The molecule has 2 aromatic rings. The van der Waals surface area contributed by atoms with Crippen LogP contribution in [0.2, 0.25) is 5.02 Å². The second-order valence-electron chi connectivity index (χ2n) is 4.82. The lowest BCUT2D eigenvalue weighted by atomic mass is 10.2. The first-order valence-electron chi connectivity index (χ1n) is 6.66. The lowest BCUT2D eigenvalue weighted by Crippen LogP contribution is -2.19. The maximum atomic E-state index is 5.97. The van der Waals surface area contributed by atoms with Crippen molar-refractivity contribution < 1.29 is 4.74 Å². The van der Waals surface area contributed by atoms with Gasteiger partial charge < -0.3 is 10.1 Å². The number of hydrogen-bond acceptors (Lipinski definition) is 5. The Morgan fingerprint density at radius 1 is 1.40 bits per heavy atom. The number of methoxy groups -OCH3 is 1. The van der Waals surface area contributed by atoms with Crippen LogP contribution >= 0.6 is 22.9 Å². The molecule has 0 aliphatic heterocycles. The second kappa shape index (κ2) is 6.08. The molecule has 4 nitrogen and oxygen atoms in total. The van der Waals surface area contributed by atoms with Gasteiger partial charge in [-0.15, -0.1) is 10.2 Å². The quantitative estimate of drug-likeness (QED) is 0.890. The van der Waals surface area contributed by atoms with E-state index in [2.05, 4.69) is 15.5 Å². The maximum absolute atomic E-state index is 5.97. The molecule has 0 spiro atoms. The van der Waals surface area contributed by atoms with Gasteiger partial charge in [0.05, 0.1) is 12.7 Å². The Morgan fingerprint density at radius 2 is 2.25 bits per heavy atom. The van der Waals surface area contributed by atoms with Gasteiger partial charge in [0.2, 0.25) is 0 Å². The number of ether oxygens (including phenoxy) is 1. The third kappa shape index (κ3) is 3.29. The van der Waals surface area contributed by atoms with Crippen molar-refractivity contribution >= 4 is 22.9 Å². The van der Waals surface area contributed by atoms with Crippen molar-refractivity contribution in [3.8, 4) is 16.3 Å². The number of rotatable bonds is 6. The molecule has 106 valence electrons. The predicted molar refractivity (Wildman–Crippen MR) is 81.6 cm³/mol. The van der Waals surface area contributed by atoms with Crippen LogP contribution in [-0.4, -0.2) is 29.9 Å². The summed E-state index contributed by atoms with van der Waals surface area (Å²) in [6.07, 6.45) is 3.54. The standard InChI is InChI=1S/C14H16ClN3OS/c1-19-12-8-9(15)2-5-11(12)14-18-17-13(20-14)6-7-16-10-3-4-10/h2,5,8,10,16H,3-4,6-7H2,1H3. The van der Waals surface area contributed by atoms with E-state index in [9.17, 15) is 0 Å². The summed E-state index contributed by atoms with van der Waals surface area (Å²) in [5, 5.41) is 14.6. The molecule has 6 heteroatoms. The Bertz CT molecular complexity index is 598. The van der Waals surface area contributed by atoms with Gasteiger partial charge in [0.1, 0.15) is 10.8 Å². The minimum absolute atomic E-state index is 0.656. The van der Waals surface area contributed by atoms with Crippen LogP contribution in [0.3, 0.4) is 0 Å². The van der Waals surface area contributed by atoms with Crippen LogP contribution in [0.25, 0.3) is 10.6 Å². The molecule has 1 aliphatic rings. The third-order valence-corrected chi connectivity index (χ3v) is 4.46. The Balaban J connectivity index is 1.71. The molecule has 1 N–H and O–H groups in total. The number of nitrogens with zero attached hydrogens (tertiary/aromatic N) is 2. The second-order valence-corrected chi connectivity index (χ2v) is 6.32. The Labute approximate surface area is 127 Å². The number of benzene rings is 1. The normalized spacial score (nSPS) is 14.5. The zero-order chi connectivity index (χ0) is 13.9. The highest BCUT2D eigenvalue weighted by molar-refractivity contribution is 7.14. The van der Waals surface area contributed by atoms with Crippen molar-refractivity contribution in [3.63, 3.8) is 0 Å². The van der Waals surface area contributed by atoms with E-state index in [1.165, 1.54) is 12.8 Å². The minimum Gasteiger partial charge on any atom is -0.496 e. The van der Waals surface area contributed by atoms with Gasteiger partial charge in [0, 0.05) is 24.0 Å². The van der Waals surface area contributed by atoms with E-state index in [1.807, 2.05) is 12.1 Å². The predicted octanol–water partition coefficient (Wildman–Crippen LogP) is 3.16. The summed E-state index contributed by atoms with van der Waals surface area (Å²) < 4.78 is 5.35. The zero-order valence-corrected chi connectivity index (χ0v) is 12.8. The number of nitrogens with one attached hydrogen (secondary N) is 1. The highest BCUT2D eigenvalue weighted by Crippen LogP contribution is 2.34. The Hall–Kier alpha value is -1.17. The molecule has 3 rings (SSSR count). The van der Waals surface area contributed by atoms with Crippen LogP contribution in [-0.2, 0) is 6.42 Å². The van der Waals surface area contributed by atoms with E-state index < -0.39 is 0 Å². The van der Waals surface area contributed by atoms with Crippen LogP contribution in [0.1, 0.15) is 17.8 Å². The van der Waals surface area contributed by atoms with Crippen molar-refractivity contribution in [1.82, 2.24) is 15.5 Å². The molecule has 1 aromatic carbocycles. The van der Waals surface area contributed by atoms with Crippen molar-refractivity contribution in [2.45, 2.75) is 25.3 Å². The van der Waals surface area contributed by atoms with E-state index in [-0.39, 0.29) is 0 Å². The molecular formula is C14H16ClN3OS. The molecule has 0 saturated heterocycles. The van der Waals surface area contributed by atoms with Crippen molar-refractivity contribution in [2.75, 3.05) is 13.7 Å². The van der Waals surface area contributed by atoms with Gasteiger partial charge in [-0.3, -0.25) is 0 Å². The number of aromatic nitrogens is 2. The van der Waals surface area contributed by atoms with Crippen molar-refractivity contribution in [1.29, 1.82) is 0 Å². The molecule has 0 bridgehead atoms. The van der Waals surface area contributed by atoms with E-state index in [0.29, 0.717) is 5.02 Å². The van der Waals surface area contributed by atoms with Gasteiger partial charge >= 0.3 is 0 Å². The first-order valence-corrected chi connectivity index (χ1v) is 7.85. The van der Waals surface area contributed by atoms with Crippen LogP contribution in [0.5, 0.6) is 5.75 Å². The summed E-state index contributed by atoms with van der Waals surface area (Å²) in [5.41, 5.74) is 0.941. The summed E-state index contributed by atoms with van der Waals surface area (Å²) in [6.45, 7) is 0.969.